The van der Waals surface area contributed by atoms with Gasteiger partial charge in [-0.2, -0.15) is 0 Å². The number of benzene rings is 1. The van der Waals surface area contributed by atoms with Crippen molar-refractivity contribution in [2.24, 2.45) is 5.92 Å². The van der Waals surface area contributed by atoms with Crippen LogP contribution in [0.3, 0.4) is 0 Å². The van der Waals surface area contributed by atoms with Crippen molar-refractivity contribution < 1.29 is 19.4 Å². The molecule has 0 amide bonds. The zero-order valence-electron chi connectivity index (χ0n) is 15.7. The number of hydrogen-bond donors (Lipinski definition) is 1. The minimum absolute atomic E-state index is 0.177. The minimum Gasteiger partial charge on any atom is -0.478 e. The van der Waals surface area contributed by atoms with Crippen LogP contribution < -0.4 is 4.74 Å². The summed E-state index contributed by atoms with van der Waals surface area (Å²) in [5, 5.41) is 8.78. The third-order valence-electron chi connectivity index (χ3n) is 4.64. The molecule has 0 aliphatic heterocycles. The smallest absolute Gasteiger partial charge is 0.328 e. The van der Waals surface area contributed by atoms with Crippen molar-refractivity contribution in [2.75, 3.05) is 0 Å². The molecule has 0 heterocycles. The summed E-state index contributed by atoms with van der Waals surface area (Å²) in [6.45, 7) is 4.03. The first-order valence-electron chi connectivity index (χ1n) is 9.32. The van der Waals surface area contributed by atoms with Crippen LogP contribution in [0.4, 0.5) is 0 Å². The molecule has 26 heavy (non-hydrogen) atoms. The summed E-state index contributed by atoms with van der Waals surface area (Å²) in [5.41, 5.74) is 2.84. The van der Waals surface area contributed by atoms with Crippen molar-refractivity contribution >= 4 is 18.0 Å². The number of carbonyl (C=O) groups is 2. The van der Waals surface area contributed by atoms with E-state index >= 15 is 0 Å². The van der Waals surface area contributed by atoms with Crippen LogP contribution in [0.25, 0.3) is 6.08 Å². The molecule has 0 spiro atoms. The van der Waals surface area contributed by atoms with Crippen LogP contribution >= 0.6 is 0 Å². The van der Waals surface area contributed by atoms with Crippen molar-refractivity contribution in [1.29, 1.82) is 0 Å². The van der Waals surface area contributed by atoms with Crippen LogP contribution in [0, 0.1) is 5.92 Å². The fourth-order valence-corrected chi connectivity index (χ4v) is 3.23. The fraction of sp³-hybridized carbons (Fsp3) is 0.455. The highest BCUT2D eigenvalue weighted by Crippen LogP contribution is 2.28. The van der Waals surface area contributed by atoms with Gasteiger partial charge in [0.05, 0.1) is 0 Å². The van der Waals surface area contributed by atoms with E-state index in [4.69, 9.17) is 9.84 Å². The Morgan fingerprint density at radius 2 is 1.92 bits per heavy atom. The highest BCUT2D eigenvalue weighted by Gasteiger charge is 2.19. The first kappa shape index (κ1) is 20.0. The molecule has 0 bridgehead atoms. The van der Waals surface area contributed by atoms with E-state index in [1.54, 1.807) is 18.2 Å². The summed E-state index contributed by atoms with van der Waals surface area (Å²) in [4.78, 5) is 23.1. The van der Waals surface area contributed by atoms with Crippen LogP contribution in [-0.2, 0) is 16.0 Å². The molecule has 1 N–H and O–H groups in total. The Morgan fingerprint density at radius 3 is 2.58 bits per heavy atom. The highest BCUT2D eigenvalue weighted by atomic mass is 16.5. The molecular formula is C22H28O4. The number of carbonyl (C=O) groups excluding carboxylic acids is 1. The Kier molecular flexibility index (Phi) is 7.64. The van der Waals surface area contributed by atoms with Gasteiger partial charge in [0.2, 0.25) is 0 Å². The number of allylic oxidation sites excluding steroid dienone is 2. The van der Waals surface area contributed by atoms with Gasteiger partial charge in [-0.1, -0.05) is 37.0 Å². The summed E-state index contributed by atoms with van der Waals surface area (Å²) >= 11 is 0. The maximum Gasteiger partial charge on any atom is 0.328 e. The molecule has 0 aromatic heterocycles. The predicted molar refractivity (Wildman–Crippen MR) is 103 cm³/mol. The molecule has 140 valence electrons. The van der Waals surface area contributed by atoms with Gasteiger partial charge in [-0.3, -0.25) is 4.79 Å². The fourth-order valence-electron chi connectivity index (χ4n) is 3.23. The molecule has 4 nitrogen and oxygen atoms in total. The zero-order valence-corrected chi connectivity index (χ0v) is 15.7. The van der Waals surface area contributed by atoms with Gasteiger partial charge in [0.1, 0.15) is 5.75 Å². The van der Waals surface area contributed by atoms with Gasteiger partial charge in [0.25, 0.3) is 0 Å². The van der Waals surface area contributed by atoms with E-state index in [2.05, 4.69) is 6.08 Å². The van der Waals surface area contributed by atoms with E-state index in [1.165, 1.54) is 24.8 Å². The molecule has 4 heteroatoms. The number of aliphatic carboxylic acids is 1. The SMILES string of the molecule is CC(C)=CCc1cc(/C=C/C(=O)O)ccc1OC(=O)CC1CCCCC1. The second-order valence-electron chi connectivity index (χ2n) is 7.21. The molecular weight excluding hydrogens is 328 g/mol. The number of rotatable bonds is 7. The molecule has 2 rings (SSSR count). The lowest BCUT2D eigenvalue weighted by Gasteiger charge is -2.20. The quantitative estimate of drug-likeness (QED) is 0.317. The molecule has 0 atom stereocenters. The van der Waals surface area contributed by atoms with Gasteiger partial charge in [-0.15, -0.1) is 0 Å². The Balaban J connectivity index is 2.12. The van der Waals surface area contributed by atoms with E-state index in [1.807, 2.05) is 19.9 Å². The van der Waals surface area contributed by atoms with E-state index < -0.39 is 5.97 Å². The molecule has 1 fully saturated rings. The van der Waals surface area contributed by atoms with E-state index in [0.29, 0.717) is 24.5 Å². The third-order valence-corrected chi connectivity index (χ3v) is 4.64. The van der Waals surface area contributed by atoms with Crippen molar-refractivity contribution in [3.05, 3.63) is 47.1 Å². The number of hydrogen-bond acceptors (Lipinski definition) is 3. The first-order chi connectivity index (χ1) is 12.4. The lowest BCUT2D eigenvalue weighted by molar-refractivity contribution is -0.135. The summed E-state index contributed by atoms with van der Waals surface area (Å²) in [6.07, 6.45) is 11.7. The monoisotopic (exact) mass is 356 g/mol. The van der Waals surface area contributed by atoms with Crippen molar-refractivity contribution in [3.8, 4) is 5.75 Å². The summed E-state index contributed by atoms with van der Waals surface area (Å²) < 4.78 is 5.65. The number of esters is 1. The van der Waals surface area contributed by atoms with Gasteiger partial charge in [0.15, 0.2) is 0 Å². The maximum atomic E-state index is 12.3. The largest absolute Gasteiger partial charge is 0.478 e. The summed E-state index contributed by atoms with van der Waals surface area (Å²) in [6, 6.07) is 5.41. The van der Waals surface area contributed by atoms with Crippen molar-refractivity contribution in [2.45, 2.75) is 58.8 Å². The molecule has 1 aromatic carbocycles. The van der Waals surface area contributed by atoms with Crippen LogP contribution in [0.5, 0.6) is 5.75 Å². The van der Waals surface area contributed by atoms with Gasteiger partial charge in [0, 0.05) is 12.5 Å². The highest BCUT2D eigenvalue weighted by molar-refractivity contribution is 5.85. The Labute approximate surface area is 155 Å². The Hall–Kier alpha value is -2.36. The summed E-state index contributed by atoms with van der Waals surface area (Å²) in [5.74, 6) is -0.158. The molecule has 1 aliphatic rings. The van der Waals surface area contributed by atoms with Gasteiger partial charge >= 0.3 is 11.9 Å². The van der Waals surface area contributed by atoms with Gasteiger partial charge < -0.3 is 9.84 Å². The van der Waals surface area contributed by atoms with E-state index in [-0.39, 0.29) is 5.97 Å². The third kappa shape index (κ3) is 6.87. The average molecular weight is 356 g/mol. The van der Waals surface area contributed by atoms with Gasteiger partial charge in [-0.25, -0.2) is 4.79 Å². The zero-order chi connectivity index (χ0) is 18.9. The molecule has 0 unspecified atom stereocenters. The molecule has 0 radical (unpaired) electrons. The second-order valence-corrected chi connectivity index (χ2v) is 7.21. The molecule has 1 saturated carbocycles. The Morgan fingerprint density at radius 1 is 1.19 bits per heavy atom. The van der Waals surface area contributed by atoms with Crippen LogP contribution in [-0.4, -0.2) is 17.0 Å². The lowest BCUT2D eigenvalue weighted by atomic mass is 9.87. The molecule has 1 aliphatic carbocycles. The minimum atomic E-state index is -0.987. The van der Waals surface area contributed by atoms with Crippen LogP contribution in [0.1, 0.15) is 63.5 Å². The van der Waals surface area contributed by atoms with Crippen molar-refractivity contribution in [1.82, 2.24) is 0 Å². The van der Waals surface area contributed by atoms with E-state index in [0.717, 1.165) is 30.0 Å². The van der Waals surface area contributed by atoms with Gasteiger partial charge in [-0.05, 0) is 68.4 Å². The predicted octanol–water partition coefficient (Wildman–Crippen LogP) is 5.17. The van der Waals surface area contributed by atoms with Crippen LogP contribution in [0.15, 0.2) is 35.9 Å². The van der Waals surface area contributed by atoms with Crippen LogP contribution in [0.2, 0.25) is 0 Å². The normalized spacial score (nSPS) is 15.0. The number of carboxylic acids is 1. The van der Waals surface area contributed by atoms with E-state index in [9.17, 15) is 9.59 Å². The molecule has 1 aromatic rings. The standard InChI is InChI=1S/C22H28O4/c1-16(2)8-11-19-14-18(10-13-21(23)24)9-12-20(19)26-22(25)15-17-6-4-3-5-7-17/h8-10,12-14,17H,3-7,11,15H2,1-2H3,(H,23,24)/b13-10+. The first-order valence-corrected chi connectivity index (χ1v) is 9.32. The number of ether oxygens (including phenoxy) is 1. The topological polar surface area (TPSA) is 63.6 Å². The maximum absolute atomic E-state index is 12.3. The molecule has 0 saturated heterocycles. The Bertz CT molecular complexity index is 690. The second kappa shape index (κ2) is 9.95. The average Bonchev–Trinajstić information content (AvgIpc) is 2.60. The van der Waals surface area contributed by atoms with Crippen molar-refractivity contribution in [3.63, 3.8) is 0 Å². The number of carboxylic acid groups (broad SMARTS) is 1. The summed E-state index contributed by atoms with van der Waals surface area (Å²) in [7, 11) is 0. The lowest BCUT2D eigenvalue weighted by Crippen LogP contribution is -2.17.